The molecule has 0 saturated carbocycles. The van der Waals surface area contributed by atoms with E-state index in [-0.39, 0.29) is 18.3 Å². The fraction of sp³-hybridized carbons (Fsp3) is 0.375. The number of rotatable bonds is 8. The molecule has 0 aliphatic carbocycles. The Labute approximate surface area is 147 Å². The maximum atomic E-state index is 12.0. The van der Waals surface area contributed by atoms with Gasteiger partial charge in [0.2, 0.25) is 5.91 Å². The van der Waals surface area contributed by atoms with Crippen molar-refractivity contribution in [2.24, 2.45) is 5.73 Å². The van der Waals surface area contributed by atoms with Crippen molar-refractivity contribution < 1.29 is 4.79 Å². The lowest BCUT2D eigenvalue weighted by atomic mass is 10.1. The summed E-state index contributed by atoms with van der Waals surface area (Å²) in [6, 6.07) is 7.64. The number of benzene rings is 1. The summed E-state index contributed by atoms with van der Waals surface area (Å²) in [6.07, 6.45) is 8.18. The summed E-state index contributed by atoms with van der Waals surface area (Å²) in [6.45, 7) is 1.24. The van der Waals surface area contributed by atoms with Crippen LogP contribution < -0.4 is 11.1 Å². The number of nitrogens with one attached hydrogen (secondary N) is 1. The van der Waals surface area contributed by atoms with Crippen molar-refractivity contribution in [1.82, 2.24) is 14.9 Å². The Morgan fingerprint density at radius 3 is 2.78 bits per heavy atom. The van der Waals surface area contributed by atoms with Crippen molar-refractivity contribution in [1.29, 1.82) is 0 Å². The van der Waals surface area contributed by atoms with Crippen molar-refractivity contribution in [2.45, 2.75) is 25.6 Å². The number of hydrogen-bond acceptors (Lipinski definition) is 4. The lowest BCUT2D eigenvalue weighted by molar-refractivity contribution is -0.122. The van der Waals surface area contributed by atoms with Crippen LogP contribution in [0, 0.1) is 0 Å². The van der Waals surface area contributed by atoms with Gasteiger partial charge in [-0.25, -0.2) is 4.98 Å². The van der Waals surface area contributed by atoms with Crippen LogP contribution in [0.4, 0.5) is 0 Å². The third kappa shape index (κ3) is 6.25. The van der Waals surface area contributed by atoms with Gasteiger partial charge in [-0.1, -0.05) is 24.3 Å². The number of thioether (sulfide) groups is 1. The van der Waals surface area contributed by atoms with Crippen LogP contribution in [0.25, 0.3) is 0 Å². The Hall–Kier alpha value is -1.50. The minimum atomic E-state index is -0.437. The third-order valence-corrected chi connectivity index (χ3v) is 4.10. The maximum Gasteiger partial charge on any atom is 0.237 e. The third-order valence-electron chi connectivity index (χ3n) is 3.45. The smallest absolute Gasteiger partial charge is 0.237 e. The molecule has 1 amide bonds. The summed E-state index contributed by atoms with van der Waals surface area (Å²) in [5.41, 5.74) is 8.14. The van der Waals surface area contributed by atoms with E-state index >= 15 is 0 Å². The van der Waals surface area contributed by atoms with E-state index in [9.17, 15) is 4.79 Å². The van der Waals surface area contributed by atoms with Crippen LogP contribution in [0.3, 0.4) is 0 Å². The fourth-order valence-electron chi connectivity index (χ4n) is 2.15. The van der Waals surface area contributed by atoms with E-state index in [1.165, 1.54) is 5.56 Å². The standard InChI is InChI=1S/C16H22N4OS.ClH/c1-22-9-6-15(17)16(21)19-10-13-4-2-3-5-14(13)11-20-8-7-18-12-20;/h2-5,7-8,12,15H,6,9-11,17H2,1H3,(H,19,21);1H/t15-;/m0./s1. The quantitative estimate of drug-likeness (QED) is 0.761. The van der Waals surface area contributed by atoms with Gasteiger partial charge in [0.1, 0.15) is 0 Å². The minimum absolute atomic E-state index is 0. The normalized spacial score (nSPS) is 11.6. The minimum Gasteiger partial charge on any atom is -0.351 e. The number of hydrogen-bond donors (Lipinski definition) is 2. The molecule has 7 heteroatoms. The highest BCUT2D eigenvalue weighted by atomic mass is 35.5. The molecule has 1 aromatic carbocycles. The zero-order valence-corrected chi connectivity index (χ0v) is 14.8. The Balaban J connectivity index is 0.00000264. The molecule has 0 unspecified atom stereocenters. The van der Waals surface area contributed by atoms with E-state index in [4.69, 9.17) is 5.73 Å². The molecule has 0 aliphatic rings. The van der Waals surface area contributed by atoms with Gasteiger partial charge in [0, 0.05) is 25.5 Å². The average molecular weight is 355 g/mol. The maximum absolute atomic E-state index is 12.0. The van der Waals surface area contributed by atoms with E-state index < -0.39 is 6.04 Å². The molecule has 5 nitrogen and oxygen atoms in total. The number of nitrogens with two attached hydrogens (primary N) is 1. The summed E-state index contributed by atoms with van der Waals surface area (Å²) < 4.78 is 2.00. The molecule has 0 radical (unpaired) electrons. The van der Waals surface area contributed by atoms with Crippen LogP contribution in [0.2, 0.25) is 0 Å². The number of imidazole rings is 1. The predicted molar refractivity (Wildman–Crippen MR) is 97.8 cm³/mol. The van der Waals surface area contributed by atoms with Crippen LogP contribution in [-0.4, -0.2) is 33.5 Å². The number of nitrogens with zero attached hydrogens (tertiary/aromatic N) is 2. The number of carbonyl (C=O) groups excluding carboxylic acids is 1. The largest absolute Gasteiger partial charge is 0.351 e. The molecule has 1 atom stereocenters. The highest BCUT2D eigenvalue weighted by Gasteiger charge is 2.13. The molecule has 2 aromatic rings. The van der Waals surface area contributed by atoms with Gasteiger partial charge in [-0.05, 0) is 29.6 Å². The first-order chi connectivity index (χ1) is 10.7. The van der Waals surface area contributed by atoms with E-state index in [1.54, 1.807) is 24.3 Å². The van der Waals surface area contributed by atoms with Crippen molar-refractivity contribution in [2.75, 3.05) is 12.0 Å². The van der Waals surface area contributed by atoms with E-state index in [2.05, 4.69) is 16.4 Å². The molecule has 1 aromatic heterocycles. The zero-order chi connectivity index (χ0) is 15.8. The van der Waals surface area contributed by atoms with E-state index in [1.807, 2.05) is 35.2 Å². The molecule has 0 fully saturated rings. The first-order valence-corrected chi connectivity index (χ1v) is 8.65. The summed E-state index contributed by atoms with van der Waals surface area (Å²) in [7, 11) is 0. The van der Waals surface area contributed by atoms with Crippen LogP contribution in [-0.2, 0) is 17.9 Å². The van der Waals surface area contributed by atoms with Crippen molar-refractivity contribution in [3.63, 3.8) is 0 Å². The molecule has 23 heavy (non-hydrogen) atoms. The monoisotopic (exact) mass is 354 g/mol. The second-order valence-electron chi connectivity index (χ2n) is 5.11. The Morgan fingerprint density at radius 2 is 2.13 bits per heavy atom. The molecule has 0 bridgehead atoms. The fourth-order valence-corrected chi connectivity index (χ4v) is 2.64. The van der Waals surface area contributed by atoms with Gasteiger partial charge in [0.15, 0.2) is 0 Å². The highest BCUT2D eigenvalue weighted by Crippen LogP contribution is 2.10. The lowest BCUT2D eigenvalue weighted by Gasteiger charge is -2.14. The molecular formula is C16H23ClN4OS. The first kappa shape index (κ1) is 19.5. The Kier molecular flexibility index (Phi) is 8.76. The number of halogens is 1. The van der Waals surface area contributed by atoms with E-state index in [0.29, 0.717) is 13.0 Å². The molecule has 3 N–H and O–H groups in total. The molecule has 0 spiro atoms. The van der Waals surface area contributed by atoms with Crippen molar-refractivity contribution in [3.05, 3.63) is 54.1 Å². The average Bonchev–Trinajstić information content (AvgIpc) is 3.04. The molecule has 2 rings (SSSR count). The second-order valence-corrected chi connectivity index (χ2v) is 6.10. The molecule has 1 heterocycles. The Morgan fingerprint density at radius 1 is 1.39 bits per heavy atom. The number of aromatic nitrogens is 2. The van der Waals surface area contributed by atoms with Crippen molar-refractivity contribution >= 4 is 30.1 Å². The number of amides is 1. The number of carbonyl (C=O) groups is 1. The zero-order valence-electron chi connectivity index (χ0n) is 13.1. The lowest BCUT2D eigenvalue weighted by Crippen LogP contribution is -2.40. The van der Waals surface area contributed by atoms with Crippen LogP contribution in [0.15, 0.2) is 43.0 Å². The SMILES string of the molecule is CSCC[C@H](N)C(=O)NCc1ccccc1Cn1ccnc1.Cl. The van der Waals surface area contributed by atoms with E-state index in [0.717, 1.165) is 17.9 Å². The summed E-state index contributed by atoms with van der Waals surface area (Å²) in [4.78, 5) is 16.0. The predicted octanol–water partition coefficient (Wildman–Crippen LogP) is 2.05. The van der Waals surface area contributed by atoms with Gasteiger partial charge < -0.3 is 15.6 Å². The van der Waals surface area contributed by atoms with Crippen LogP contribution in [0.5, 0.6) is 0 Å². The Bertz CT molecular complexity index is 592. The van der Waals surface area contributed by atoms with Crippen LogP contribution in [0.1, 0.15) is 17.5 Å². The summed E-state index contributed by atoms with van der Waals surface area (Å²) in [5.74, 6) is 0.803. The van der Waals surface area contributed by atoms with Gasteiger partial charge >= 0.3 is 0 Å². The molecule has 0 saturated heterocycles. The van der Waals surface area contributed by atoms with Gasteiger partial charge in [-0.15, -0.1) is 12.4 Å². The summed E-state index contributed by atoms with van der Waals surface area (Å²) >= 11 is 1.70. The highest BCUT2D eigenvalue weighted by molar-refractivity contribution is 7.98. The second kappa shape index (κ2) is 10.3. The van der Waals surface area contributed by atoms with Gasteiger partial charge in [0.25, 0.3) is 0 Å². The first-order valence-electron chi connectivity index (χ1n) is 7.25. The van der Waals surface area contributed by atoms with Gasteiger partial charge in [-0.3, -0.25) is 4.79 Å². The topological polar surface area (TPSA) is 72.9 Å². The van der Waals surface area contributed by atoms with Crippen molar-refractivity contribution in [3.8, 4) is 0 Å². The van der Waals surface area contributed by atoms with Gasteiger partial charge in [0.05, 0.1) is 12.4 Å². The summed E-state index contributed by atoms with van der Waals surface area (Å²) in [5, 5.41) is 2.93. The molecule has 0 aliphatic heterocycles. The van der Waals surface area contributed by atoms with Crippen LogP contribution >= 0.6 is 24.2 Å². The van der Waals surface area contributed by atoms with Gasteiger partial charge in [-0.2, -0.15) is 11.8 Å². The molecule has 126 valence electrons. The molecular weight excluding hydrogens is 332 g/mol.